The molecule has 3 nitrogen and oxygen atoms in total. The third-order valence-electron chi connectivity index (χ3n) is 3.57. The van der Waals surface area contributed by atoms with E-state index in [1.165, 1.54) is 0 Å². The topological polar surface area (TPSA) is 49.3 Å². The molecule has 0 aliphatic rings. The Morgan fingerprint density at radius 1 is 1.38 bits per heavy atom. The van der Waals surface area contributed by atoms with Crippen molar-refractivity contribution in [3.8, 4) is 11.8 Å². The molecule has 2 N–H and O–H groups in total. The lowest BCUT2D eigenvalue weighted by atomic mass is 9.98. The molecule has 0 spiro atoms. The van der Waals surface area contributed by atoms with E-state index in [2.05, 4.69) is 31.0 Å². The van der Waals surface area contributed by atoms with Gasteiger partial charge in [0.1, 0.15) is 6.61 Å². The fraction of sp³-hybridized carbons (Fsp3) is 0.500. The Labute approximate surface area is 127 Å². The summed E-state index contributed by atoms with van der Waals surface area (Å²) in [4.78, 5) is 12.2. The predicted octanol–water partition coefficient (Wildman–Crippen LogP) is 3.49. The van der Waals surface area contributed by atoms with Gasteiger partial charge in [-0.25, -0.2) is 0 Å². The highest BCUT2D eigenvalue weighted by molar-refractivity contribution is 5.92. The summed E-state index contributed by atoms with van der Waals surface area (Å²) in [7, 11) is 0. The summed E-state index contributed by atoms with van der Waals surface area (Å²) >= 11 is 0. The lowest BCUT2D eigenvalue weighted by Gasteiger charge is -2.15. The van der Waals surface area contributed by atoms with Crippen molar-refractivity contribution in [3.05, 3.63) is 29.3 Å². The van der Waals surface area contributed by atoms with Crippen LogP contribution in [0.15, 0.2) is 18.2 Å². The van der Waals surface area contributed by atoms with E-state index in [-0.39, 0.29) is 18.4 Å². The zero-order valence-electron chi connectivity index (χ0n) is 13.2. The standard InChI is InChI=1S/C18H25NO2/c1-4-6-8-15(5-2)18(21)19-17-11-10-16(9-7-12-20)14(3)13-17/h10-11,13,15,20H,4-6,8,12H2,1-3H3,(H,19,21). The molecule has 1 amide bonds. The molecular weight excluding hydrogens is 262 g/mol. The van der Waals surface area contributed by atoms with Gasteiger partial charge in [0.05, 0.1) is 0 Å². The SMILES string of the molecule is CCCCC(CC)C(=O)Nc1ccc(C#CCO)c(C)c1. The van der Waals surface area contributed by atoms with Gasteiger partial charge in [-0.1, -0.05) is 38.5 Å². The van der Waals surface area contributed by atoms with E-state index >= 15 is 0 Å². The first kappa shape index (κ1) is 17.3. The van der Waals surface area contributed by atoms with Crippen molar-refractivity contribution in [2.45, 2.75) is 46.5 Å². The van der Waals surface area contributed by atoms with E-state index in [4.69, 9.17) is 5.11 Å². The third-order valence-corrected chi connectivity index (χ3v) is 3.57. The average molecular weight is 287 g/mol. The maximum absolute atomic E-state index is 12.2. The van der Waals surface area contributed by atoms with Crippen LogP contribution in [0.4, 0.5) is 5.69 Å². The average Bonchev–Trinajstić information content (AvgIpc) is 2.47. The van der Waals surface area contributed by atoms with Crippen LogP contribution in [0.2, 0.25) is 0 Å². The Balaban J connectivity index is 2.74. The minimum absolute atomic E-state index is 0.0825. The zero-order chi connectivity index (χ0) is 15.7. The molecule has 1 aromatic carbocycles. The molecule has 0 aliphatic heterocycles. The maximum atomic E-state index is 12.2. The van der Waals surface area contributed by atoms with Gasteiger partial charge in [0.15, 0.2) is 0 Å². The van der Waals surface area contributed by atoms with Crippen molar-refractivity contribution < 1.29 is 9.90 Å². The van der Waals surface area contributed by atoms with Gasteiger partial charge < -0.3 is 10.4 Å². The molecule has 0 saturated carbocycles. The summed E-state index contributed by atoms with van der Waals surface area (Å²) in [6.07, 6.45) is 4.00. The zero-order valence-corrected chi connectivity index (χ0v) is 13.2. The number of benzene rings is 1. The van der Waals surface area contributed by atoms with E-state index < -0.39 is 0 Å². The minimum atomic E-state index is -0.145. The second kappa shape index (κ2) is 9.20. The number of unbranched alkanes of at least 4 members (excludes halogenated alkanes) is 1. The Morgan fingerprint density at radius 2 is 2.14 bits per heavy atom. The first-order valence-corrected chi connectivity index (χ1v) is 7.63. The lowest BCUT2D eigenvalue weighted by Crippen LogP contribution is -2.22. The minimum Gasteiger partial charge on any atom is -0.384 e. The Kier molecular flexibility index (Phi) is 7.56. The van der Waals surface area contributed by atoms with Crippen molar-refractivity contribution in [1.29, 1.82) is 0 Å². The van der Waals surface area contributed by atoms with Crippen LogP contribution >= 0.6 is 0 Å². The van der Waals surface area contributed by atoms with Crippen molar-refractivity contribution in [2.75, 3.05) is 11.9 Å². The summed E-state index contributed by atoms with van der Waals surface area (Å²) in [5.74, 6) is 5.71. The van der Waals surface area contributed by atoms with E-state index in [9.17, 15) is 4.79 Å². The third kappa shape index (κ3) is 5.61. The maximum Gasteiger partial charge on any atom is 0.227 e. The number of carbonyl (C=O) groups excluding carboxylic acids is 1. The van der Waals surface area contributed by atoms with E-state index in [1.807, 2.05) is 25.1 Å². The van der Waals surface area contributed by atoms with Gasteiger partial charge in [0.2, 0.25) is 5.91 Å². The molecule has 0 aromatic heterocycles. The molecule has 1 rings (SSSR count). The van der Waals surface area contributed by atoms with Crippen LogP contribution in [0.25, 0.3) is 0 Å². The monoisotopic (exact) mass is 287 g/mol. The van der Waals surface area contributed by atoms with Crippen molar-refractivity contribution >= 4 is 11.6 Å². The number of nitrogens with one attached hydrogen (secondary N) is 1. The number of carbonyl (C=O) groups is 1. The quantitative estimate of drug-likeness (QED) is 0.787. The van der Waals surface area contributed by atoms with Gasteiger partial charge in [-0.2, -0.15) is 0 Å². The number of hydrogen-bond acceptors (Lipinski definition) is 2. The Hall–Kier alpha value is -1.79. The van der Waals surface area contributed by atoms with E-state index in [1.54, 1.807) is 0 Å². The lowest BCUT2D eigenvalue weighted by molar-refractivity contribution is -0.120. The Bertz CT molecular complexity index is 526. The smallest absolute Gasteiger partial charge is 0.227 e. The normalized spacial score (nSPS) is 11.4. The number of amides is 1. The molecule has 114 valence electrons. The van der Waals surface area contributed by atoms with Gasteiger partial charge in [0, 0.05) is 17.2 Å². The highest BCUT2D eigenvalue weighted by Gasteiger charge is 2.15. The molecule has 0 aliphatic carbocycles. The molecule has 1 unspecified atom stereocenters. The summed E-state index contributed by atoms with van der Waals surface area (Å²) in [5, 5.41) is 11.7. The van der Waals surface area contributed by atoms with Crippen molar-refractivity contribution in [1.82, 2.24) is 0 Å². The van der Waals surface area contributed by atoms with Crippen LogP contribution in [0.5, 0.6) is 0 Å². The summed E-state index contributed by atoms with van der Waals surface area (Å²) < 4.78 is 0. The highest BCUT2D eigenvalue weighted by atomic mass is 16.2. The first-order valence-electron chi connectivity index (χ1n) is 7.63. The Morgan fingerprint density at radius 3 is 2.71 bits per heavy atom. The predicted molar refractivity (Wildman–Crippen MR) is 87.1 cm³/mol. The van der Waals surface area contributed by atoms with Crippen LogP contribution in [0.1, 0.15) is 50.7 Å². The molecule has 0 heterocycles. The van der Waals surface area contributed by atoms with Crippen LogP contribution < -0.4 is 5.32 Å². The molecule has 1 atom stereocenters. The second-order valence-electron chi connectivity index (χ2n) is 5.23. The van der Waals surface area contributed by atoms with Crippen LogP contribution in [-0.2, 0) is 4.79 Å². The van der Waals surface area contributed by atoms with Gasteiger partial charge in [-0.05, 0) is 43.5 Å². The summed E-state index contributed by atoms with van der Waals surface area (Å²) in [6.45, 7) is 6.00. The molecule has 0 radical (unpaired) electrons. The highest BCUT2D eigenvalue weighted by Crippen LogP contribution is 2.18. The number of hydrogen-bond donors (Lipinski definition) is 2. The second-order valence-corrected chi connectivity index (χ2v) is 5.23. The van der Waals surface area contributed by atoms with Crippen molar-refractivity contribution in [3.63, 3.8) is 0 Å². The molecule has 0 fully saturated rings. The van der Waals surface area contributed by atoms with Gasteiger partial charge >= 0.3 is 0 Å². The van der Waals surface area contributed by atoms with Gasteiger partial charge in [0.25, 0.3) is 0 Å². The fourth-order valence-corrected chi connectivity index (χ4v) is 2.23. The fourth-order valence-electron chi connectivity index (χ4n) is 2.23. The van der Waals surface area contributed by atoms with Crippen molar-refractivity contribution in [2.24, 2.45) is 5.92 Å². The first-order chi connectivity index (χ1) is 10.1. The van der Waals surface area contributed by atoms with Crippen LogP contribution in [-0.4, -0.2) is 17.6 Å². The molecule has 0 saturated heterocycles. The number of aliphatic hydroxyl groups excluding tert-OH is 1. The number of rotatable bonds is 6. The molecule has 0 bridgehead atoms. The van der Waals surface area contributed by atoms with Crippen LogP contribution in [0.3, 0.4) is 0 Å². The van der Waals surface area contributed by atoms with Gasteiger partial charge in [-0.3, -0.25) is 4.79 Å². The van der Waals surface area contributed by atoms with E-state index in [0.29, 0.717) is 0 Å². The summed E-state index contributed by atoms with van der Waals surface area (Å²) in [5.41, 5.74) is 2.68. The number of aliphatic hydroxyl groups is 1. The van der Waals surface area contributed by atoms with E-state index in [0.717, 1.165) is 42.5 Å². The largest absolute Gasteiger partial charge is 0.384 e. The van der Waals surface area contributed by atoms with Gasteiger partial charge in [-0.15, -0.1) is 0 Å². The molecule has 3 heteroatoms. The summed E-state index contributed by atoms with van der Waals surface area (Å²) in [6, 6.07) is 5.66. The molecule has 1 aromatic rings. The number of aryl methyl sites for hydroxylation is 1. The number of anilines is 1. The van der Waals surface area contributed by atoms with Crippen LogP contribution in [0, 0.1) is 24.7 Å². The molecular formula is C18H25NO2. The molecule has 21 heavy (non-hydrogen) atoms.